The van der Waals surface area contributed by atoms with E-state index < -0.39 is 0 Å². The van der Waals surface area contributed by atoms with Crippen LogP contribution in [-0.4, -0.2) is 11.5 Å². The van der Waals surface area contributed by atoms with E-state index in [0.29, 0.717) is 5.03 Å². The molecule has 0 aromatic carbocycles. The Kier molecular flexibility index (Phi) is 2.87. The van der Waals surface area contributed by atoms with Crippen molar-refractivity contribution in [2.75, 3.05) is 0 Å². The topological polar surface area (TPSA) is 29.4 Å². The SMILES string of the molecule is CCCC1=CC(=O)C2C=CC(Cl)=CC2=N1. The predicted octanol–water partition coefficient (Wildman–Crippen LogP) is 3.00. The van der Waals surface area contributed by atoms with E-state index in [1.165, 1.54) is 0 Å². The Morgan fingerprint density at radius 3 is 3.00 bits per heavy atom. The molecule has 0 bridgehead atoms. The molecular formula is C12H12ClNO. The summed E-state index contributed by atoms with van der Waals surface area (Å²) in [5.41, 5.74) is 1.64. The van der Waals surface area contributed by atoms with Crippen LogP contribution in [0.4, 0.5) is 0 Å². The quantitative estimate of drug-likeness (QED) is 0.705. The van der Waals surface area contributed by atoms with Crippen molar-refractivity contribution in [3.8, 4) is 0 Å². The lowest BCUT2D eigenvalue weighted by molar-refractivity contribution is -0.115. The van der Waals surface area contributed by atoms with E-state index in [1.54, 1.807) is 18.2 Å². The Labute approximate surface area is 94.0 Å². The van der Waals surface area contributed by atoms with Gasteiger partial charge in [0.2, 0.25) is 0 Å². The first-order valence-electron chi connectivity index (χ1n) is 5.09. The summed E-state index contributed by atoms with van der Waals surface area (Å²) in [6.07, 6.45) is 8.82. The Bertz CT molecular complexity index is 415. The summed E-state index contributed by atoms with van der Waals surface area (Å²) in [5, 5.41) is 0.635. The van der Waals surface area contributed by atoms with Crippen LogP contribution in [0.25, 0.3) is 0 Å². The molecule has 2 rings (SSSR count). The van der Waals surface area contributed by atoms with Gasteiger partial charge in [0, 0.05) is 16.8 Å². The lowest BCUT2D eigenvalue weighted by Gasteiger charge is -2.19. The first-order valence-corrected chi connectivity index (χ1v) is 5.47. The van der Waals surface area contributed by atoms with Crippen molar-refractivity contribution in [2.45, 2.75) is 19.8 Å². The molecule has 1 atom stereocenters. The number of fused-ring (bicyclic) bond motifs is 1. The van der Waals surface area contributed by atoms with Gasteiger partial charge in [-0.25, -0.2) is 0 Å². The number of ketones is 1. The number of nitrogens with zero attached hydrogens (tertiary/aromatic N) is 1. The highest BCUT2D eigenvalue weighted by molar-refractivity contribution is 6.34. The Morgan fingerprint density at radius 1 is 1.47 bits per heavy atom. The highest BCUT2D eigenvalue weighted by Crippen LogP contribution is 2.24. The largest absolute Gasteiger partial charge is 0.294 e. The second-order valence-corrected chi connectivity index (χ2v) is 4.13. The first kappa shape index (κ1) is 10.4. The maximum absolute atomic E-state index is 11.7. The first-order chi connectivity index (χ1) is 7.20. The van der Waals surface area contributed by atoms with Crippen LogP contribution in [-0.2, 0) is 4.79 Å². The van der Waals surface area contributed by atoms with E-state index in [0.717, 1.165) is 24.3 Å². The van der Waals surface area contributed by atoms with Gasteiger partial charge in [0.05, 0.1) is 11.6 Å². The molecular weight excluding hydrogens is 210 g/mol. The van der Waals surface area contributed by atoms with Crippen LogP contribution in [0.5, 0.6) is 0 Å². The van der Waals surface area contributed by atoms with Gasteiger partial charge in [-0.05, 0) is 18.6 Å². The summed E-state index contributed by atoms with van der Waals surface area (Å²) in [6, 6.07) is 0. The number of hydrogen-bond donors (Lipinski definition) is 0. The zero-order valence-electron chi connectivity index (χ0n) is 8.53. The molecule has 15 heavy (non-hydrogen) atoms. The van der Waals surface area contributed by atoms with E-state index in [2.05, 4.69) is 11.9 Å². The predicted molar refractivity (Wildman–Crippen MR) is 62.0 cm³/mol. The van der Waals surface area contributed by atoms with Crippen LogP contribution in [0.3, 0.4) is 0 Å². The average Bonchev–Trinajstić information content (AvgIpc) is 2.17. The molecule has 1 aliphatic carbocycles. The molecule has 1 heterocycles. The number of allylic oxidation sites excluding steroid dienone is 6. The summed E-state index contributed by atoms with van der Waals surface area (Å²) < 4.78 is 0. The van der Waals surface area contributed by atoms with E-state index in [-0.39, 0.29) is 11.7 Å². The fourth-order valence-electron chi connectivity index (χ4n) is 1.74. The maximum Gasteiger partial charge on any atom is 0.170 e. The van der Waals surface area contributed by atoms with Crippen LogP contribution < -0.4 is 0 Å². The molecule has 78 valence electrons. The van der Waals surface area contributed by atoms with E-state index in [1.807, 2.05) is 6.08 Å². The molecule has 1 aliphatic heterocycles. The number of hydrogen-bond acceptors (Lipinski definition) is 2. The van der Waals surface area contributed by atoms with Crippen molar-refractivity contribution in [3.63, 3.8) is 0 Å². The Hall–Kier alpha value is -1.15. The van der Waals surface area contributed by atoms with Gasteiger partial charge in [-0.2, -0.15) is 0 Å². The number of halogens is 1. The van der Waals surface area contributed by atoms with Crippen LogP contribution >= 0.6 is 11.6 Å². The number of carbonyl (C=O) groups is 1. The van der Waals surface area contributed by atoms with Gasteiger partial charge >= 0.3 is 0 Å². The van der Waals surface area contributed by atoms with Crippen molar-refractivity contribution in [1.29, 1.82) is 0 Å². The molecule has 0 aromatic heterocycles. The molecule has 2 nitrogen and oxygen atoms in total. The van der Waals surface area contributed by atoms with Crippen molar-refractivity contribution < 1.29 is 4.79 Å². The molecule has 1 unspecified atom stereocenters. The van der Waals surface area contributed by atoms with Gasteiger partial charge in [0.15, 0.2) is 5.78 Å². The fraction of sp³-hybridized carbons (Fsp3) is 0.333. The van der Waals surface area contributed by atoms with Crippen molar-refractivity contribution in [1.82, 2.24) is 0 Å². The Morgan fingerprint density at radius 2 is 2.27 bits per heavy atom. The Balaban J connectivity index is 2.32. The van der Waals surface area contributed by atoms with Gasteiger partial charge in [-0.1, -0.05) is 31.0 Å². The lowest BCUT2D eigenvalue weighted by Crippen LogP contribution is -2.24. The van der Waals surface area contributed by atoms with Gasteiger partial charge in [0.1, 0.15) is 0 Å². The standard InChI is InChI=1S/C12H12ClNO/c1-2-3-9-7-12(15)10-5-4-8(13)6-11(10)14-9/h4-7,10H,2-3H2,1H3. The van der Waals surface area contributed by atoms with Gasteiger partial charge in [-0.15, -0.1) is 0 Å². The molecule has 0 saturated heterocycles. The second kappa shape index (κ2) is 4.15. The van der Waals surface area contributed by atoms with E-state index in [4.69, 9.17) is 11.6 Å². The minimum atomic E-state index is -0.215. The number of aliphatic imine (C=N–C) groups is 1. The zero-order chi connectivity index (χ0) is 10.8. The molecule has 2 aliphatic rings. The molecule has 0 N–H and O–H groups in total. The van der Waals surface area contributed by atoms with Crippen LogP contribution in [0.2, 0.25) is 0 Å². The highest BCUT2D eigenvalue weighted by Gasteiger charge is 2.25. The molecule has 0 saturated carbocycles. The molecule has 0 spiro atoms. The molecule has 0 fully saturated rings. The van der Waals surface area contributed by atoms with Crippen molar-refractivity contribution in [3.05, 3.63) is 35.0 Å². The third-order valence-corrected chi connectivity index (χ3v) is 2.68. The minimum Gasteiger partial charge on any atom is -0.294 e. The lowest BCUT2D eigenvalue weighted by atomic mass is 9.90. The van der Waals surface area contributed by atoms with Gasteiger partial charge in [-0.3, -0.25) is 9.79 Å². The summed E-state index contributed by atoms with van der Waals surface area (Å²) in [6.45, 7) is 2.07. The van der Waals surface area contributed by atoms with Crippen molar-refractivity contribution >= 4 is 23.1 Å². The highest BCUT2D eigenvalue weighted by atomic mass is 35.5. The molecule has 0 amide bonds. The van der Waals surface area contributed by atoms with E-state index in [9.17, 15) is 4.79 Å². The summed E-state index contributed by atoms with van der Waals surface area (Å²) in [5.74, 6) is -0.103. The average molecular weight is 222 g/mol. The van der Waals surface area contributed by atoms with Crippen LogP contribution in [0, 0.1) is 5.92 Å². The van der Waals surface area contributed by atoms with Crippen LogP contribution in [0.1, 0.15) is 19.8 Å². The van der Waals surface area contributed by atoms with Gasteiger partial charge < -0.3 is 0 Å². The summed E-state index contributed by atoms with van der Waals surface area (Å²) in [4.78, 5) is 16.2. The molecule has 0 radical (unpaired) electrons. The number of rotatable bonds is 2. The summed E-state index contributed by atoms with van der Waals surface area (Å²) in [7, 11) is 0. The monoisotopic (exact) mass is 221 g/mol. The second-order valence-electron chi connectivity index (χ2n) is 3.69. The minimum absolute atomic E-state index is 0.111. The third-order valence-electron chi connectivity index (χ3n) is 2.45. The number of carbonyl (C=O) groups excluding carboxylic acids is 1. The zero-order valence-corrected chi connectivity index (χ0v) is 9.29. The van der Waals surface area contributed by atoms with Crippen molar-refractivity contribution in [2.24, 2.45) is 10.9 Å². The summed E-state index contributed by atoms with van der Waals surface area (Å²) >= 11 is 5.87. The normalized spacial score (nSPS) is 24.3. The molecule has 3 heteroatoms. The van der Waals surface area contributed by atoms with Crippen LogP contribution in [0.15, 0.2) is 40.0 Å². The van der Waals surface area contributed by atoms with Gasteiger partial charge in [0.25, 0.3) is 0 Å². The third kappa shape index (κ3) is 2.10. The molecule has 0 aromatic rings. The smallest absolute Gasteiger partial charge is 0.170 e. The fourth-order valence-corrected chi connectivity index (χ4v) is 1.93. The van der Waals surface area contributed by atoms with E-state index >= 15 is 0 Å². The maximum atomic E-state index is 11.7.